The molecule has 1 aromatic heterocycles. The molecular weight excluding hydrogens is 260 g/mol. The number of imidazole rings is 1. The van der Waals surface area contributed by atoms with Gasteiger partial charge in [0.15, 0.2) is 0 Å². The van der Waals surface area contributed by atoms with E-state index in [-0.39, 0.29) is 6.61 Å². The lowest BCUT2D eigenvalue weighted by atomic mass is 10.3. The smallest absolute Gasteiger partial charge is 0.243 e. The zero-order chi connectivity index (χ0) is 14.5. The quantitative estimate of drug-likeness (QED) is 0.718. The maximum absolute atomic E-state index is 10.6. The third kappa shape index (κ3) is 3.00. The summed E-state index contributed by atoms with van der Waals surface area (Å²) in [6.45, 7) is 3.20. The zero-order valence-electron chi connectivity index (χ0n) is 11.3. The summed E-state index contributed by atoms with van der Waals surface area (Å²) in [6.07, 6.45) is 0. The Balaban J connectivity index is 2.18. The van der Waals surface area contributed by atoms with Gasteiger partial charge in [0.05, 0.1) is 18.7 Å². The first-order chi connectivity index (χ1) is 9.63. The summed E-state index contributed by atoms with van der Waals surface area (Å²) in [4.78, 5) is 14.9. The largest absolute Gasteiger partial charge is 0.492 e. The van der Waals surface area contributed by atoms with Gasteiger partial charge in [-0.1, -0.05) is 6.07 Å². The number of carbonyl (C=O) groups excluding carboxylic acids is 1. The van der Waals surface area contributed by atoms with Crippen LogP contribution in [0.15, 0.2) is 18.2 Å². The normalized spacial score (nSPS) is 10.8. The van der Waals surface area contributed by atoms with Gasteiger partial charge in [0.25, 0.3) is 0 Å². The first kappa shape index (κ1) is 14.1. The number of fused-ring (bicyclic) bond motifs is 1. The fraction of sp³-hybridized carbons (Fsp3) is 0.385. The van der Waals surface area contributed by atoms with Crippen molar-refractivity contribution in [3.63, 3.8) is 0 Å². The van der Waals surface area contributed by atoms with E-state index in [1.165, 1.54) is 0 Å². The fourth-order valence-corrected chi connectivity index (χ4v) is 1.97. The van der Waals surface area contributed by atoms with Crippen LogP contribution in [0.4, 0.5) is 5.95 Å². The Labute approximate surface area is 116 Å². The van der Waals surface area contributed by atoms with Crippen molar-refractivity contribution in [3.05, 3.63) is 18.2 Å². The molecule has 108 valence electrons. The summed E-state index contributed by atoms with van der Waals surface area (Å²) in [5.41, 5.74) is 12.5. The molecule has 0 saturated carbocycles. The van der Waals surface area contributed by atoms with Gasteiger partial charge in [-0.25, -0.2) is 4.98 Å². The molecule has 0 aliphatic carbocycles. The van der Waals surface area contributed by atoms with Crippen LogP contribution in [0.1, 0.15) is 6.92 Å². The Morgan fingerprint density at radius 2 is 2.25 bits per heavy atom. The van der Waals surface area contributed by atoms with Gasteiger partial charge in [-0.3, -0.25) is 4.79 Å². The molecule has 1 heterocycles. The number of amides is 1. The topological polar surface area (TPSA) is 105 Å². The van der Waals surface area contributed by atoms with Crippen LogP contribution in [-0.2, 0) is 16.1 Å². The average Bonchev–Trinajstić information content (AvgIpc) is 2.72. The molecule has 20 heavy (non-hydrogen) atoms. The summed E-state index contributed by atoms with van der Waals surface area (Å²) in [7, 11) is 0. The third-order valence-electron chi connectivity index (χ3n) is 2.77. The first-order valence-electron chi connectivity index (χ1n) is 6.37. The number of primary amides is 1. The predicted octanol–water partition coefficient (Wildman–Crippen LogP) is 0.519. The van der Waals surface area contributed by atoms with Crippen LogP contribution < -0.4 is 16.2 Å². The summed E-state index contributed by atoms with van der Waals surface area (Å²) in [5.74, 6) is 0.593. The number of para-hydroxylation sites is 1. The van der Waals surface area contributed by atoms with Crippen LogP contribution in [0.2, 0.25) is 0 Å². The number of nitrogens with two attached hydrogens (primary N) is 2. The lowest BCUT2D eigenvalue weighted by Gasteiger charge is -2.07. The maximum Gasteiger partial charge on any atom is 0.243 e. The number of ether oxygens (including phenoxy) is 2. The molecular formula is C13H18N4O3. The first-order valence-corrected chi connectivity index (χ1v) is 6.37. The minimum absolute atomic E-state index is 0.100. The predicted molar refractivity (Wildman–Crippen MR) is 75.3 cm³/mol. The Morgan fingerprint density at radius 1 is 1.45 bits per heavy atom. The molecule has 1 amide bonds. The highest BCUT2D eigenvalue weighted by atomic mass is 16.5. The molecule has 0 atom stereocenters. The maximum atomic E-state index is 10.6. The summed E-state index contributed by atoms with van der Waals surface area (Å²) >= 11 is 0. The molecule has 7 nitrogen and oxygen atoms in total. The van der Waals surface area contributed by atoms with Crippen LogP contribution >= 0.6 is 0 Å². The molecule has 0 unspecified atom stereocenters. The molecule has 0 aliphatic rings. The van der Waals surface area contributed by atoms with E-state index in [4.69, 9.17) is 20.9 Å². The van der Waals surface area contributed by atoms with Crippen molar-refractivity contribution in [2.45, 2.75) is 13.5 Å². The summed E-state index contributed by atoms with van der Waals surface area (Å²) in [5, 5.41) is 0. The van der Waals surface area contributed by atoms with E-state index >= 15 is 0 Å². The van der Waals surface area contributed by atoms with Crippen molar-refractivity contribution in [3.8, 4) is 5.75 Å². The fourth-order valence-electron chi connectivity index (χ4n) is 1.97. The van der Waals surface area contributed by atoms with Crippen molar-refractivity contribution in [1.82, 2.24) is 9.55 Å². The van der Waals surface area contributed by atoms with Crippen molar-refractivity contribution in [1.29, 1.82) is 0 Å². The van der Waals surface area contributed by atoms with Gasteiger partial charge < -0.3 is 25.5 Å². The SMILES string of the molecule is CCOc1cccc2c1nc(N)n2CCOCC(N)=O. The van der Waals surface area contributed by atoms with E-state index in [9.17, 15) is 4.79 Å². The standard InChI is InChI=1S/C13H18N4O3/c1-2-20-10-5-3-4-9-12(10)16-13(15)17(9)6-7-19-8-11(14)18/h3-5H,2,6-8H2,1H3,(H2,14,18)(H2,15,16). The number of carbonyl (C=O) groups is 1. The van der Waals surface area contributed by atoms with Crippen molar-refractivity contribution >= 4 is 22.9 Å². The lowest BCUT2D eigenvalue weighted by molar-refractivity contribution is -0.122. The number of benzene rings is 1. The Bertz CT molecular complexity index is 609. The second-order valence-electron chi connectivity index (χ2n) is 4.20. The molecule has 2 aromatic rings. The van der Waals surface area contributed by atoms with Gasteiger partial charge in [-0.05, 0) is 19.1 Å². The van der Waals surface area contributed by atoms with Crippen molar-refractivity contribution in [2.75, 3.05) is 25.6 Å². The number of hydrogen-bond donors (Lipinski definition) is 2. The van der Waals surface area contributed by atoms with Gasteiger partial charge in [-0.2, -0.15) is 0 Å². The highest BCUT2D eigenvalue weighted by Crippen LogP contribution is 2.26. The number of anilines is 1. The summed E-state index contributed by atoms with van der Waals surface area (Å²) < 4.78 is 12.5. The molecule has 7 heteroatoms. The van der Waals surface area contributed by atoms with E-state index in [1.807, 2.05) is 29.7 Å². The average molecular weight is 278 g/mol. The van der Waals surface area contributed by atoms with Crippen LogP contribution in [-0.4, -0.2) is 35.3 Å². The molecule has 1 aromatic carbocycles. The minimum atomic E-state index is -0.493. The van der Waals surface area contributed by atoms with E-state index in [0.717, 1.165) is 11.0 Å². The third-order valence-corrected chi connectivity index (χ3v) is 2.77. The lowest BCUT2D eigenvalue weighted by Crippen LogP contribution is -2.20. The van der Waals surface area contributed by atoms with Gasteiger partial charge in [0.1, 0.15) is 17.9 Å². The molecule has 4 N–H and O–H groups in total. The second-order valence-corrected chi connectivity index (χ2v) is 4.20. The Kier molecular flexibility index (Phi) is 4.41. The van der Waals surface area contributed by atoms with Crippen molar-refractivity contribution in [2.24, 2.45) is 5.73 Å². The molecule has 0 saturated heterocycles. The monoisotopic (exact) mass is 278 g/mol. The van der Waals surface area contributed by atoms with Crippen LogP contribution in [0.3, 0.4) is 0 Å². The van der Waals surface area contributed by atoms with Crippen LogP contribution in [0.25, 0.3) is 11.0 Å². The van der Waals surface area contributed by atoms with Crippen molar-refractivity contribution < 1.29 is 14.3 Å². The molecule has 0 aliphatic heterocycles. The zero-order valence-corrected chi connectivity index (χ0v) is 11.3. The number of rotatable bonds is 7. The number of nitrogens with zero attached hydrogens (tertiary/aromatic N) is 2. The molecule has 0 fully saturated rings. The molecule has 0 spiro atoms. The highest BCUT2D eigenvalue weighted by molar-refractivity contribution is 5.84. The Morgan fingerprint density at radius 3 is 2.95 bits per heavy atom. The van der Waals surface area contributed by atoms with E-state index in [1.54, 1.807) is 0 Å². The Hall–Kier alpha value is -2.28. The van der Waals surface area contributed by atoms with E-state index < -0.39 is 5.91 Å². The van der Waals surface area contributed by atoms with Crippen LogP contribution in [0.5, 0.6) is 5.75 Å². The molecule has 0 bridgehead atoms. The van der Waals surface area contributed by atoms with Gasteiger partial charge >= 0.3 is 0 Å². The number of hydrogen-bond acceptors (Lipinski definition) is 5. The molecule has 2 rings (SSSR count). The van der Waals surface area contributed by atoms with E-state index in [2.05, 4.69) is 4.98 Å². The second kappa shape index (κ2) is 6.25. The van der Waals surface area contributed by atoms with E-state index in [0.29, 0.717) is 31.5 Å². The summed E-state index contributed by atoms with van der Waals surface area (Å²) in [6, 6.07) is 5.65. The minimum Gasteiger partial charge on any atom is -0.492 e. The number of nitrogen functional groups attached to an aromatic ring is 1. The highest BCUT2D eigenvalue weighted by Gasteiger charge is 2.12. The molecule has 0 radical (unpaired) electrons. The van der Waals surface area contributed by atoms with Gasteiger partial charge in [-0.15, -0.1) is 0 Å². The van der Waals surface area contributed by atoms with Crippen LogP contribution in [0, 0.1) is 0 Å². The van der Waals surface area contributed by atoms with Gasteiger partial charge in [0.2, 0.25) is 11.9 Å². The number of aromatic nitrogens is 2. The van der Waals surface area contributed by atoms with Gasteiger partial charge in [0, 0.05) is 6.54 Å².